The number of carbonyl (C=O) groups is 2. The molecule has 0 radical (unpaired) electrons. The van der Waals surface area contributed by atoms with Crippen molar-refractivity contribution in [2.24, 2.45) is 5.73 Å². The topological polar surface area (TPSA) is 72.6 Å². The van der Waals surface area contributed by atoms with Gasteiger partial charge in [0, 0.05) is 12.6 Å². The lowest BCUT2D eigenvalue weighted by Crippen LogP contribution is -2.50. The third kappa shape index (κ3) is 2.74. The lowest BCUT2D eigenvalue weighted by molar-refractivity contribution is -0.123. The smallest absolute Gasteiger partial charge is 0.257 e. The maximum absolute atomic E-state index is 13.9. The van der Waals surface area contributed by atoms with Gasteiger partial charge in [0.1, 0.15) is 17.6 Å². The molecule has 6 heteroatoms. The number of ether oxygens (including phenoxy) is 1. The van der Waals surface area contributed by atoms with Crippen molar-refractivity contribution in [3.05, 3.63) is 29.6 Å². The van der Waals surface area contributed by atoms with Crippen LogP contribution in [0.2, 0.25) is 0 Å². The number of carbonyl (C=O) groups excluding carboxylic acids is 2. The van der Waals surface area contributed by atoms with Crippen molar-refractivity contribution < 1.29 is 18.7 Å². The van der Waals surface area contributed by atoms with E-state index in [1.54, 1.807) is 0 Å². The molecule has 20 heavy (non-hydrogen) atoms. The van der Waals surface area contributed by atoms with Gasteiger partial charge >= 0.3 is 0 Å². The molecule has 108 valence electrons. The number of halogens is 1. The van der Waals surface area contributed by atoms with Gasteiger partial charge in [0.2, 0.25) is 5.91 Å². The van der Waals surface area contributed by atoms with E-state index >= 15 is 0 Å². The molecule has 0 bridgehead atoms. The van der Waals surface area contributed by atoms with Crippen molar-refractivity contribution in [2.45, 2.75) is 25.3 Å². The van der Waals surface area contributed by atoms with Gasteiger partial charge in [-0.15, -0.1) is 0 Å². The molecule has 0 spiro atoms. The predicted molar refractivity (Wildman–Crippen MR) is 70.8 cm³/mol. The first-order valence-electron chi connectivity index (χ1n) is 6.48. The number of methoxy groups -OCH3 is 1. The second-order valence-electron chi connectivity index (χ2n) is 4.76. The second kappa shape index (κ2) is 5.90. The van der Waals surface area contributed by atoms with Crippen molar-refractivity contribution in [3.63, 3.8) is 0 Å². The van der Waals surface area contributed by atoms with E-state index in [0.29, 0.717) is 18.7 Å². The third-order valence-corrected chi connectivity index (χ3v) is 3.50. The summed E-state index contributed by atoms with van der Waals surface area (Å²) in [7, 11) is 1.42. The summed E-state index contributed by atoms with van der Waals surface area (Å²) in [6.07, 6.45) is 2.15. The van der Waals surface area contributed by atoms with E-state index in [2.05, 4.69) is 0 Å². The minimum atomic E-state index is -0.664. The minimum absolute atomic E-state index is 0.0704. The summed E-state index contributed by atoms with van der Waals surface area (Å²) >= 11 is 0. The van der Waals surface area contributed by atoms with Crippen LogP contribution in [0.25, 0.3) is 0 Å². The number of likely N-dealkylation sites (tertiary alicyclic amines) is 1. The number of hydrogen-bond acceptors (Lipinski definition) is 3. The van der Waals surface area contributed by atoms with Gasteiger partial charge in [-0.25, -0.2) is 4.39 Å². The Hall–Kier alpha value is -2.11. The Morgan fingerprint density at radius 1 is 1.40 bits per heavy atom. The molecular formula is C14H17FN2O3. The number of rotatable bonds is 3. The van der Waals surface area contributed by atoms with Gasteiger partial charge in [-0.1, -0.05) is 0 Å². The normalized spacial score (nSPS) is 18.7. The van der Waals surface area contributed by atoms with Gasteiger partial charge in [-0.2, -0.15) is 0 Å². The van der Waals surface area contributed by atoms with E-state index in [1.165, 1.54) is 24.1 Å². The molecule has 5 nitrogen and oxygen atoms in total. The van der Waals surface area contributed by atoms with E-state index in [0.717, 1.165) is 18.9 Å². The fourth-order valence-corrected chi connectivity index (χ4v) is 2.42. The molecule has 2 rings (SSSR count). The van der Waals surface area contributed by atoms with Crippen LogP contribution >= 0.6 is 0 Å². The van der Waals surface area contributed by atoms with Gasteiger partial charge in [-0.3, -0.25) is 9.59 Å². The van der Waals surface area contributed by atoms with E-state index in [1.807, 2.05) is 0 Å². The summed E-state index contributed by atoms with van der Waals surface area (Å²) in [6, 6.07) is 3.37. The standard InChI is InChI=1S/C14H17FN2O3/c1-20-9-5-6-10(11(15)8-9)14(19)17-7-3-2-4-12(17)13(16)18/h5-6,8,12H,2-4,7H2,1H3,(H2,16,18). The zero-order valence-corrected chi connectivity index (χ0v) is 11.3. The molecule has 1 unspecified atom stereocenters. The van der Waals surface area contributed by atoms with Crippen LogP contribution < -0.4 is 10.5 Å². The first kappa shape index (κ1) is 14.3. The van der Waals surface area contributed by atoms with Crippen LogP contribution in [0.1, 0.15) is 29.6 Å². The van der Waals surface area contributed by atoms with Crippen LogP contribution in [0.15, 0.2) is 18.2 Å². The second-order valence-corrected chi connectivity index (χ2v) is 4.76. The molecule has 0 saturated carbocycles. The molecule has 1 heterocycles. The molecule has 1 fully saturated rings. The molecule has 1 aliphatic heterocycles. The van der Waals surface area contributed by atoms with Crippen molar-refractivity contribution in [2.75, 3.05) is 13.7 Å². The monoisotopic (exact) mass is 280 g/mol. The number of piperidine rings is 1. The fourth-order valence-electron chi connectivity index (χ4n) is 2.42. The summed E-state index contributed by atoms with van der Waals surface area (Å²) in [6.45, 7) is 0.415. The Kier molecular flexibility index (Phi) is 4.22. The average Bonchev–Trinajstić information content (AvgIpc) is 2.46. The van der Waals surface area contributed by atoms with Crippen LogP contribution in [0, 0.1) is 5.82 Å². The van der Waals surface area contributed by atoms with Crippen molar-refractivity contribution in [1.82, 2.24) is 4.90 Å². The number of hydrogen-bond donors (Lipinski definition) is 1. The number of primary amides is 1. The predicted octanol–water partition coefficient (Wildman–Crippen LogP) is 1.31. The molecule has 1 aliphatic rings. The first-order chi connectivity index (χ1) is 9.54. The Morgan fingerprint density at radius 2 is 2.15 bits per heavy atom. The molecule has 1 aromatic rings. The maximum Gasteiger partial charge on any atom is 0.257 e. The van der Waals surface area contributed by atoms with Crippen LogP contribution in [-0.4, -0.2) is 36.4 Å². The Balaban J connectivity index is 2.27. The van der Waals surface area contributed by atoms with Crippen molar-refractivity contribution in [3.8, 4) is 5.75 Å². The summed E-state index contributed by atoms with van der Waals surface area (Å²) < 4.78 is 18.8. The quantitative estimate of drug-likeness (QED) is 0.907. The van der Waals surface area contributed by atoms with Gasteiger partial charge < -0.3 is 15.4 Å². The highest BCUT2D eigenvalue weighted by atomic mass is 19.1. The molecule has 1 saturated heterocycles. The lowest BCUT2D eigenvalue weighted by Gasteiger charge is -2.33. The van der Waals surface area contributed by atoms with Gasteiger partial charge in [-0.05, 0) is 31.4 Å². The SMILES string of the molecule is COc1ccc(C(=O)N2CCCCC2C(N)=O)c(F)c1. The number of benzene rings is 1. The zero-order valence-electron chi connectivity index (χ0n) is 11.3. The Morgan fingerprint density at radius 3 is 2.75 bits per heavy atom. The van der Waals surface area contributed by atoms with Gasteiger partial charge in [0.15, 0.2) is 0 Å². The largest absolute Gasteiger partial charge is 0.497 e. The van der Waals surface area contributed by atoms with Crippen LogP contribution in [0.4, 0.5) is 4.39 Å². The highest BCUT2D eigenvalue weighted by Gasteiger charge is 2.32. The molecule has 0 aliphatic carbocycles. The summed E-state index contributed by atoms with van der Waals surface area (Å²) in [5.41, 5.74) is 5.24. The van der Waals surface area contributed by atoms with E-state index in [4.69, 9.17) is 10.5 Å². The minimum Gasteiger partial charge on any atom is -0.497 e. The molecule has 0 aromatic heterocycles. The molecule has 2 amide bonds. The highest BCUT2D eigenvalue weighted by Crippen LogP contribution is 2.22. The van der Waals surface area contributed by atoms with E-state index in [-0.39, 0.29) is 5.56 Å². The summed E-state index contributed by atoms with van der Waals surface area (Å²) in [5.74, 6) is -1.38. The van der Waals surface area contributed by atoms with Gasteiger partial charge in [0.05, 0.1) is 12.7 Å². The molecule has 2 N–H and O–H groups in total. The maximum atomic E-state index is 13.9. The summed E-state index contributed by atoms with van der Waals surface area (Å²) in [4.78, 5) is 25.1. The lowest BCUT2D eigenvalue weighted by atomic mass is 10.00. The van der Waals surface area contributed by atoms with E-state index in [9.17, 15) is 14.0 Å². The van der Waals surface area contributed by atoms with Crippen molar-refractivity contribution >= 4 is 11.8 Å². The van der Waals surface area contributed by atoms with Crippen molar-refractivity contribution in [1.29, 1.82) is 0 Å². The number of nitrogens with two attached hydrogens (primary N) is 1. The third-order valence-electron chi connectivity index (χ3n) is 3.50. The average molecular weight is 280 g/mol. The first-order valence-corrected chi connectivity index (χ1v) is 6.48. The van der Waals surface area contributed by atoms with E-state index < -0.39 is 23.7 Å². The molecular weight excluding hydrogens is 263 g/mol. The summed E-state index contributed by atoms with van der Waals surface area (Å²) in [5, 5.41) is 0. The highest BCUT2D eigenvalue weighted by molar-refractivity contribution is 5.97. The zero-order chi connectivity index (χ0) is 14.7. The number of amides is 2. The number of nitrogens with zero attached hydrogens (tertiary/aromatic N) is 1. The molecule has 1 aromatic carbocycles. The fraction of sp³-hybridized carbons (Fsp3) is 0.429. The van der Waals surface area contributed by atoms with Crippen LogP contribution in [-0.2, 0) is 4.79 Å². The van der Waals surface area contributed by atoms with Crippen LogP contribution in [0.3, 0.4) is 0 Å². The Labute approximate surface area is 116 Å². The van der Waals surface area contributed by atoms with Crippen LogP contribution in [0.5, 0.6) is 5.75 Å². The molecule has 1 atom stereocenters. The Bertz CT molecular complexity index is 533. The van der Waals surface area contributed by atoms with Gasteiger partial charge in [0.25, 0.3) is 5.91 Å².